The minimum Gasteiger partial charge on any atom is -0.372 e. The van der Waals surface area contributed by atoms with E-state index in [4.69, 9.17) is 12.2 Å². The van der Waals surface area contributed by atoms with Gasteiger partial charge in [0, 0.05) is 25.0 Å². The van der Waals surface area contributed by atoms with Gasteiger partial charge in [0.25, 0.3) is 0 Å². The fourth-order valence-corrected chi connectivity index (χ4v) is 3.44. The summed E-state index contributed by atoms with van der Waals surface area (Å²) in [4.78, 5) is 6.75. The van der Waals surface area contributed by atoms with Gasteiger partial charge in [-0.25, -0.2) is 4.98 Å². The zero-order chi connectivity index (χ0) is 17.6. The Morgan fingerprint density at radius 2 is 1.84 bits per heavy atom. The van der Waals surface area contributed by atoms with Gasteiger partial charge < -0.3 is 15.5 Å². The number of nitrogens with zero attached hydrogens (tertiary/aromatic N) is 2. The number of hydrogen-bond acceptors (Lipinski definition) is 3. The second-order valence-corrected chi connectivity index (χ2v) is 7.09. The normalized spacial score (nSPS) is 15.5. The van der Waals surface area contributed by atoms with Gasteiger partial charge in [-0.3, -0.25) is 0 Å². The molecule has 0 bridgehead atoms. The zero-order valence-electron chi connectivity index (χ0n) is 15.0. The van der Waals surface area contributed by atoms with Crippen molar-refractivity contribution in [2.45, 2.75) is 39.2 Å². The minimum absolute atomic E-state index is 0.139. The summed E-state index contributed by atoms with van der Waals surface area (Å²) >= 11 is 5.41. The molecule has 0 spiro atoms. The molecule has 2 heterocycles. The van der Waals surface area contributed by atoms with Crippen LogP contribution in [0.15, 0.2) is 42.6 Å². The molecular formula is C20H26N4S. The molecule has 1 atom stereocenters. The Morgan fingerprint density at radius 3 is 2.52 bits per heavy atom. The van der Waals surface area contributed by atoms with Crippen LogP contribution in [-0.4, -0.2) is 23.2 Å². The van der Waals surface area contributed by atoms with Crippen molar-refractivity contribution in [3.8, 4) is 0 Å². The van der Waals surface area contributed by atoms with Crippen molar-refractivity contribution in [1.29, 1.82) is 0 Å². The maximum atomic E-state index is 5.41. The van der Waals surface area contributed by atoms with E-state index in [2.05, 4.69) is 51.7 Å². The van der Waals surface area contributed by atoms with Crippen LogP contribution >= 0.6 is 12.2 Å². The molecule has 3 rings (SSSR count). The smallest absolute Gasteiger partial charge is 0.172 e. The van der Waals surface area contributed by atoms with Gasteiger partial charge in [-0.15, -0.1) is 0 Å². The van der Waals surface area contributed by atoms with Crippen molar-refractivity contribution < 1.29 is 0 Å². The molecule has 1 aliphatic heterocycles. The zero-order valence-corrected chi connectivity index (χ0v) is 15.8. The van der Waals surface area contributed by atoms with Gasteiger partial charge in [0.05, 0.1) is 6.04 Å². The minimum atomic E-state index is 0.139. The molecule has 0 amide bonds. The molecule has 25 heavy (non-hydrogen) atoms. The second-order valence-electron chi connectivity index (χ2n) is 6.68. The highest BCUT2D eigenvalue weighted by Gasteiger charge is 2.12. The van der Waals surface area contributed by atoms with E-state index in [1.54, 1.807) is 6.20 Å². The third-order valence-corrected chi connectivity index (χ3v) is 4.84. The van der Waals surface area contributed by atoms with Crippen molar-refractivity contribution in [1.82, 2.24) is 10.3 Å². The first kappa shape index (κ1) is 17.7. The summed E-state index contributed by atoms with van der Waals surface area (Å²) in [5, 5.41) is 7.07. The van der Waals surface area contributed by atoms with Crippen LogP contribution in [0.5, 0.6) is 0 Å². The van der Waals surface area contributed by atoms with Gasteiger partial charge in [-0.05, 0) is 80.7 Å². The number of rotatable bonds is 4. The molecule has 2 N–H and O–H groups in total. The SMILES string of the molecule is Cc1ccnc(NC(=S)N[C@H](C)c2ccc(N3CCCCC3)cc2)c1. The Hall–Kier alpha value is -2.14. The monoisotopic (exact) mass is 354 g/mol. The van der Waals surface area contributed by atoms with E-state index in [1.807, 2.05) is 19.1 Å². The Bertz CT molecular complexity index is 708. The van der Waals surface area contributed by atoms with E-state index in [-0.39, 0.29) is 6.04 Å². The van der Waals surface area contributed by atoms with Gasteiger partial charge in [-0.1, -0.05) is 12.1 Å². The first-order chi connectivity index (χ1) is 12.1. The average Bonchev–Trinajstić information content (AvgIpc) is 2.62. The van der Waals surface area contributed by atoms with E-state index in [1.165, 1.54) is 43.6 Å². The van der Waals surface area contributed by atoms with Crippen LogP contribution in [0.2, 0.25) is 0 Å². The predicted octanol–water partition coefficient (Wildman–Crippen LogP) is 4.43. The summed E-state index contributed by atoms with van der Waals surface area (Å²) < 4.78 is 0. The summed E-state index contributed by atoms with van der Waals surface area (Å²) in [6.45, 7) is 6.50. The lowest BCUT2D eigenvalue weighted by atomic mass is 10.1. The molecule has 0 saturated carbocycles. The molecule has 1 aromatic carbocycles. The van der Waals surface area contributed by atoms with Crippen molar-refractivity contribution in [3.63, 3.8) is 0 Å². The Balaban J connectivity index is 1.57. The molecule has 1 fully saturated rings. The van der Waals surface area contributed by atoms with Crippen LogP contribution in [0.25, 0.3) is 0 Å². The van der Waals surface area contributed by atoms with E-state index in [0.717, 1.165) is 11.4 Å². The highest BCUT2D eigenvalue weighted by atomic mass is 32.1. The summed E-state index contributed by atoms with van der Waals surface area (Å²) in [6, 6.07) is 12.9. The van der Waals surface area contributed by atoms with Crippen molar-refractivity contribution >= 4 is 28.8 Å². The Kier molecular flexibility index (Phi) is 5.87. The molecule has 0 aliphatic carbocycles. The van der Waals surface area contributed by atoms with E-state index in [9.17, 15) is 0 Å². The number of hydrogen-bond donors (Lipinski definition) is 2. The maximum Gasteiger partial charge on any atom is 0.172 e. The maximum absolute atomic E-state index is 5.41. The van der Waals surface area contributed by atoms with Gasteiger partial charge in [0.2, 0.25) is 0 Å². The van der Waals surface area contributed by atoms with Crippen molar-refractivity contribution in [2.75, 3.05) is 23.3 Å². The van der Waals surface area contributed by atoms with Crippen LogP contribution in [-0.2, 0) is 0 Å². The lowest BCUT2D eigenvalue weighted by molar-refractivity contribution is 0.577. The van der Waals surface area contributed by atoms with Crippen LogP contribution in [0, 0.1) is 6.92 Å². The molecule has 1 saturated heterocycles. The largest absolute Gasteiger partial charge is 0.372 e. The number of benzene rings is 1. The van der Waals surface area contributed by atoms with Crippen LogP contribution in [0.3, 0.4) is 0 Å². The summed E-state index contributed by atoms with van der Waals surface area (Å²) in [5.41, 5.74) is 3.70. The van der Waals surface area contributed by atoms with E-state index < -0.39 is 0 Å². The van der Waals surface area contributed by atoms with Gasteiger partial charge in [-0.2, -0.15) is 0 Å². The summed E-state index contributed by atoms with van der Waals surface area (Å²) in [5.74, 6) is 0.769. The number of pyridine rings is 1. The summed E-state index contributed by atoms with van der Waals surface area (Å²) in [7, 11) is 0. The predicted molar refractivity (Wildman–Crippen MR) is 109 cm³/mol. The molecule has 2 aromatic rings. The molecule has 4 nitrogen and oxygen atoms in total. The molecular weight excluding hydrogens is 328 g/mol. The molecule has 0 radical (unpaired) electrons. The van der Waals surface area contributed by atoms with E-state index in [0.29, 0.717) is 5.11 Å². The topological polar surface area (TPSA) is 40.2 Å². The number of nitrogens with one attached hydrogen (secondary N) is 2. The Morgan fingerprint density at radius 1 is 1.12 bits per heavy atom. The van der Waals surface area contributed by atoms with E-state index >= 15 is 0 Å². The first-order valence-corrected chi connectivity index (χ1v) is 9.38. The average molecular weight is 355 g/mol. The first-order valence-electron chi connectivity index (χ1n) is 8.97. The van der Waals surface area contributed by atoms with Gasteiger partial charge in [0.15, 0.2) is 5.11 Å². The molecule has 0 unspecified atom stereocenters. The number of anilines is 2. The van der Waals surface area contributed by atoms with Crippen LogP contribution in [0.4, 0.5) is 11.5 Å². The number of aryl methyl sites for hydroxylation is 1. The van der Waals surface area contributed by atoms with Crippen molar-refractivity contribution in [3.05, 3.63) is 53.7 Å². The quantitative estimate of drug-likeness (QED) is 0.795. The molecule has 5 heteroatoms. The third-order valence-electron chi connectivity index (χ3n) is 4.62. The highest BCUT2D eigenvalue weighted by Crippen LogP contribution is 2.22. The highest BCUT2D eigenvalue weighted by molar-refractivity contribution is 7.80. The third kappa shape index (κ3) is 4.92. The number of thiocarbonyl (C=S) groups is 1. The van der Waals surface area contributed by atoms with Gasteiger partial charge >= 0.3 is 0 Å². The standard InChI is InChI=1S/C20H26N4S/c1-15-10-11-21-19(14-15)23-20(25)22-16(2)17-6-8-18(9-7-17)24-12-4-3-5-13-24/h6-11,14,16H,3-5,12-13H2,1-2H3,(H2,21,22,23,25)/t16-/m1/s1. The second kappa shape index (κ2) is 8.30. The summed E-state index contributed by atoms with van der Waals surface area (Å²) in [6.07, 6.45) is 5.73. The number of piperidine rings is 1. The van der Waals surface area contributed by atoms with Crippen molar-refractivity contribution in [2.24, 2.45) is 0 Å². The van der Waals surface area contributed by atoms with Crippen LogP contribution < -0.4 is 15.5 Å². The fourth-order valence-electron chi connectivity index (χ4n) is 3.16. The molecule has 1 aromatic heterocycles. The van der Waals surface area contributed by atoms with Gasteiger partial charge in [0.1, 0.15) is 5.82 Å². The fraction of sp³-hybridized carbons (Fsp3) is 0.400. The Labute approximate surface area is 155 Å². The number of aromatic nitrogens is 1. The molecule has 132 valence electrons. The molecule has 1 aliphatic rings. The lowest BCUT2D eigenvalue weighted by Gasteiger charge is -2.29. The lowest BCUT2D eigenvalue weighted by Crippen LogP contribution is -2.31. The van der Waals surface area contributed by atoms with Crippen LogP contribution in [0.1, 0.15) is 43.4 Å².